The summed E-state index contributed by atoms with van der Waals surface area (Å²) in [5.74, 6) is -0.184. The minimum Gasteiger partial charge on any atom is -0.322 e. The third-order valence-electron chi connectivity index (χ3n) is 4.64. The average molecular weight is 401 g/mol. The van der Waals surface area contributed by atoms with E-state index in [1.54, 1.807) is 61.2 Å². The summed E-state index contributed by atoms with van der Waals surface area (Å²) < 4.78 is 25.9. The van der Waals surface area contributed by atoms with E-state index in [0.29, 0.717) is 35.5 Å². The number of nitrogens with one attached hydrogen (secondary N) is 2. The molecule has 1 heterocycles. The maximum absolute atomic E-state index is 12.5. The molecule has 3 rings (SSSR count). The Morgan fingerprint density at radius 1 is 1.14 bits per heavy atom. The molecule has 1 aliphatic heterocycles. The quantitative estimate of drug-likeness (QED) is 0.777. The van der Waals surface area contributed by atoms with Crippen molar-refractivity contribution in [3.63, 3.8) is 0 Å². The molecule has 0 unspecified atom stereocenters. The molecule has 2 aromatic rings. The van der Waals surface area contributed by atoms with Crippen molar-refractivity contribution in [3.8, 4) is 0 Å². The van der Waals surface area contributed by atoms with Crippen molar-refractivity contribution in [1.29, 1.82) is 0 Å². The standard InChI is InChI=1S/C20H23N3O4S/c1-3-28(26,27)22-18-11-8-16(13-14(18)2)21-20(25)15-6-9-17(10-7-15)23-12-4-5-19(23)24/h6-11,13,22H,3-5,12H2,1-2H3,(H,21,25). The molecule has 1 saturated heterocycles. The van der Waals surface area contributed by atoms with Gasteiger partial charge in [-0.15, -0.1) is 0 Å². The number of aryl methyl sites for hydroxylation is 1. The molecule has 8 heteroatoms. The van der Waals surface area contributed by atoms with Gasteiger partial charge in [0.1, 0.15) is 0 Å². The van der Waals surface area contributed by atoms with E-state index in [9.17, 15) is 18.0 Å². The van der Waals surface area contributed by atoms with Crippen LogP contribution >= 0.6 is 0 Å². The molecule has 2 aromatic carbocycles. The van der Waals surface area contributed by atoms with Gasteiger partial charge in [0.15, 0.2) is 0 Å². The summed E-state index contributed by atoms with van der Waals surface area (Å²) in [4.78, 5) is 26.0. The first-order valence-corrected chi connectivity index (χ1v) is 10.8. The molecular formula is C20H23N3O4S. The third kappa shape index (κ3) is 4.51. The maximum Gasteiger partial charge on any atom is 0.255 e. The molecule has 0 radical (unpaired) electrons. The normalized spacial score (nSPS) is 14.2. The maximum atomic E-state index is 12.5. The molecule has 0 atom stereocenters. The van der Waals surface area contributed by atoms with Crippen LogP contribution in [0.15, 0.2) is 42.5 Å². The fourth-order valence-corrected chi connectivity index (χ4v) is 3.72. The van der Waals surface area contributed by atoms with E-state index in [-0.39, 0.29) is 17.6 Å². The molecule has 0 aliphatic carbocycles. The molecule has 1 aliphatic rings. The number of hydrogen-bond acceptors (Lipinski definition) is 4. The number of nitrogens with zero attached hydrogens (tertiary/aromatic N) is 1. The lowest BCUT2D eigenvalue weighted by Crippen LogP contribution is -2.23. The molecule has 0 saturated carbocycles. The van der Waals surface area contributed by atoms with Gasteiger partial charge in [0.2, 0.25) is 15.9 Å². The van der Waals surface area contributed by atoms with Crippen molar-refractivity contribution in [2.24, 2.45) is 0 Å². The lowest BCUT2D eigenvalue weighted by Gasteiger charge is -2.16. The smallest absolute Gasteiger partial charge is 0.255 e. The van der Waals surface area contributed by atoms with Crippen LogP contribution in [0.5, 0.6) is 0 Å². The van der Waals surface area contributed by atoms with Gasteiger partial charge in [0, 0.05) is 29.9 Å². The lowest BCUT2D eigenvalue weighted by atomic mass is 10.1. The second-order valence-electron chi connectivity index (χ2n) is 6.69. The Kier molecular flexibility index (Phi) is 5.69. The van der Waals surface area contributed by atoms with Crippen LogP contribution in [-0.2, 0) is 14.8 Å². The van der Waals surface area contributed by atoms with E-state index in [4.69, 9.17) is 0 Å². The predicted molar refractivity (Wildman–Crippen MR) is 110 cm³/mol. The molecule has 2 amide bonds. The number of hydrogen-bond donors (Lipinski definition) is 2. The van der Waals surface area contributed by atoms with Crippen molar-refractivity contribution in [2.45, 2.75) is 26.7 Å². The first-order chi connectivity index (χ1) is 13.3. The average Bonchev–Trinajstić information content (AvgIpc) is 3.10. The van der Waals surface area contributed by atoms with Gasteiger partial charge in [-0.2, -0.15) is 0 Å². The largest absolute Gasteiger partial charge is 0.322 e. The molecule has 7 nitrogen and oxygen atoms in total. The van der Waals surface area contributed by atoms with Crippen LogP contribution in [0.2, 0.25) is 0 Å². The van der Waals surface area contributed by atoms with Crippen LogP contribution in [0.25, 0.3) is 0 Å². The Hall–Kier alpha value is -2.87. The lowest BCUT2D eigenvalue weighted by molar-refractivity contribution is -0.117. The zero-order valence-corrected chi connectivity index (χ0v) is 16.7. The van der Waals surface area contributed by atoms with Crippen molar-refractivity contribution in [3.05, 3.63) is 53.6 Å². The van der Waals surface area contributed by atoms with Crippen LogP contribution in [0.4, 0.5) is 17.1 Å². The molecule has 0 aromatic heterocycles. The van der Waals surface area contributed by atoms with Gasteiger partial charge in [0.25, 0.3) is 5.91 Å². The van der Waals surface area contributed by atoms with E-state index < -0.39 is 10.0 Å². The van der Waals surface area contributed by atoms with E-state index in [2.05, 4.69) is 10.0 Å². The minimum atomic E-state index is -3.35. The number of sulfonamides is 1. The Labute approximate surface area is 164 Å². The molecule has 1 fully saturated rings. The Morgan fingerprint density at radius 2 is 1.86 bits per heavy atom. The topological polar surface area (TPSA) is 95.6 Å². The van der Waals surface area contributed by atoms with Crippen LogP contribution in [0.3, 0.4) is 0 Å². The summed E-state index contributed by atoms with van der Waals surface area (Å²) in [6, 6.07) is 11.9. The van der Waals surface area contributed by atoms with E-state index >= 15 is 0 Å². The van der Waals surface area contributed by atoms with E-state index in [1.165, 1.54) is 0 Å². The predicted octanol–water partition coefficient (Wildman–Crippen LogP) is 3.14. The van der Waals surface area contributed by atoms with Crippen molar-refractivity contribution in [1.82, 2.24) is 0 Å². The van der Waals surface area contributed by atoms with E-state index in [0.717, 1.165) is 12.1 Å². The van der Waals surface area contributed by atoms with Gasteiger partial charge < -0.3 is 10.2 Å². The molecular weight excluding hydrogens is 378 g/mol. The summed E-state index contributed by atoms with van der Waals surface area (Å²) in [7, 11) is -3.35. The summed E-state index contributed by atoms with van der Waals surface area (Å²) in [6.07, 6.45) is 1.41. The van der Waals surface area contributed by atoms with Crippen molar-refractivity contribution < 1.29 is 18.0 Å². The second-order valence-corrected chi connectivity index (χ2v) is 8.70. The zero-order valence-electron chi connectivity index (χ0n) is 15.9. The van der Waals surface area contributed by atoms with Gasteiger partial charge in [-0.25, -0.2) is 8.42 Å². The molecule has 28 heavy (non-hydrogen) atoms. The van der Waals surface area contributed by atoms with E-state index in [1.807, 2.05) is 0 Å². The first kappa shape index (κ1) is 19.9. The second kappa shape index (κ2) is 8.02. The highest BCUT2D eigenvalue weighted by atomic mass is 32.2. The van der Waals surface area contributed by atoms with Gasteiger partial charge in [0.05, 0.1) is 11.4 Å². The van der Waals surface area contributed by atoms with Gasteiger partial charge in [-0.3, -0.25) is 14.3 Å². The van der Waals surface area contributed by atoms with Crippen molar-refractivity contribution in [2.75, 3.05) is 27.2 Å². The highest BCUT2D eigenvalue weighted by Gasteiger charge is 2.21. The van der Waals surface area contributed by atoms with Crippen molar-refractivity contribution >= 4 is 38.9 Å². The van der Waals surface area contributed by atoms with Gasteiger partial charge in [-0.05, 0) is 68.3 Å². The highest BCUT2D eigenvalue weighted by Crippen LogP contribution is 2.23. The Bertz CT molecular complexity index is 1000. The van der Waals surface area contributed by atoms with Gasteiger partial charge in [-0.1, -0.05) is 0 Å². The number of rotatable bonds is 6. The zero-order chi connectivity index (χ0) is 20.3. The molecule has 0 spiro atoms. The highest BCUT2D eigenvalue weighted by molar-refractivity contribution is 7.92. The SMILES string of the molecule is CCS(=O)(=O)Nc1ccc(NC(=O)c2ccc(N3CCCC3=O)cc2)cc1C. The minimum absolute atomic E-state index is 0.00997. The number of carbonyl (C=O) groups excluding carboxylic acids is 2. The Morgan fingerprint density at radius 3 is 2.43 bits per heavy atom. The fourth-order valence-electron chi connectivity index (χ4n) is 3.01. The van der Waals surface area contributed by atoms with Crippen LogP contribution in [0, 0.1) is 6.92 Å². The summed E-state index contributed by atoms with van der Waals surface area (Å²) >= 11 is 0. The molecule has 0 bridgehead atoms. The number of anilines is 3. The van der Waals surface area contributed by atoms with Crippen LogP contribution in [0.1, 0.15) is 35.7 Å². The summed E-state index contributed by atoms with van der Waals surface area (Å²) in [5, 5.41) is 2.80. The van der Waals surface area contributed by atoms with Gasteiger partial charge >= 0.3 is 0 Å². The molecule has 148 valence electrons. The first-order valence-electron chi connectivity index (χ1n) is 9.12. The number of carbonyl (C=O) groups is 2. The fraction of sp³-hybridized carbons (Fsp3) is 0.300. The number of benzene rings is 2. The summed E-state index contributed by atoms with van der Waals surface area (Å²) in [5.41, 5.74) is 3.03. The molecule has 2 N–H and O–H groups in total. The Balaban J connectivity index is 1.69. The van der Waals surface area contributed by atoms with Crippen LogP contribution in [-0.4, -0.2) is 32.5 Å². The third-order valence-corrected chi connectivity index (χ3v) is 5.94. The number of amides is 2. The van der Waals surface area contributed by atoms with Crippen LogP contribution < -0.4 is 14.9 Å². The monoisotopic (exact) mass is 401 g/mol. The summed E-state index contributed by atoms with van der Waals surface area (Å²) in [6.45, 7) is 4.04.